The Bertz CT molecular complexity index is 275. The molecule has 0 aromatic heterocycles. The number of hydrogen-bond donors (Lipinski definition) is 1. The second kappa shape index (κ2) is 9.15. The minimum absolute atomic E-state index is 0.287. The molecule has 1 N–H and O–H groups in total. The summed E-state index contributed by atoms with van der Waals surface area (Å²) in [5, 5.41) is 3.92. The summed E-state index contributed by atoms with van der Waals surface area (Å²) in [7, 11) is 0. The van der Waals surface area contributed by atoms with Crippen LogP contribution in [0.25, 0.3) is 0 Å². The van der Waals surface area contributed by atoms with Gasteiger partial charge in [-0.25, -0.2) is 0 Å². The predicted octanol–water partition coefficient (Wildman–Crippen LogP) is 4.69. The van der Waals surface area contributed by atoms with E-state index in [1.807, 2.05) is 0 Å². The maximum absolute atomic E-state index is 3.92. The fourth-order valence-corrected chi connectivity index (χ4v) is 4.82. The summed E-state index contributed by atoms with van der Waals surface area (Å²) in [5.41, 5.74) is 0.287. The van der Waals surface area contributed by atoms with Crippen molar-refractivity contribution >= 4 is 0 Å². The van der Waals surface area contributed by atoms with Crippen molar-refractivity contribution in [2.75, 3.05) is 19.6 Å². The highest BCUT2D eigenvalue weighted by atomic mass is 15.2. The van der Waals surface area contributed by atoms with Gasteiger partial charge in [0.25, 0.3) is 0 Å². The average Bonchev–Trinajstić information content (AvgIpc) is 2.53. The van der Waals surface area contributed by atoms with E-state index in [-0.39, 0.29) is 5.54 Å². The molecule has 0 heterocycles. The molecule has 126 valence electrons. The van der Waals surface area contributed by atoms with Crippen molar-refractivity contribution in [2.24, 2.45) is 11.8 Å². The van der Waals surface area contributed by atoms with Gasteiger partial charge in [0.2, 0.25) is 0 Å². The van der Waals surface area contributed by atoms with Gasteiger partial charge >= 0.3 is 0 Å². The molecule has 2 heteroatoms. The number of rotatable bonds is 9. The van der Waals surface area contributed by atoms with Crippen molar-refractivity contribution in [1.82, 2.24) is 10.2 Å². The largest absolute Gasteiger partial charge is 0.312 e. The number of likely N-dealkylation sites (N-methyl/N-ethyl adjacent to an activating group) is 2. The van der Waals surface area contributed by atoms with Gasteiger partial charge in [-0.1, -0.05) is 60.3 Å². The van der Waals surface area contributed by atoms with Crippen LogP contribution in [0.5, 0.6) is 0 Å². The molecular formula is C19H40N2. The first-order chi connectivity index (χ1) is 10.1. The molecule has 0 saturated heterocycles. The summed E-state index contributed by atoms with van der Waals surface area (Å²) in [6.45, 7) is 17.6. The third-order valence-corrected chi connectivity index (χ3v) is 6.22. The Hall–Kier alpha value is -0.0800. The van der Waals surface area contributed by atoms with Crippen molar-refractivity contribution in [1.29, 1.82) is 0 Å². The molecule has 0 aliphatic heterocycles. The minimum Gasteiger partial charge on any atom is -0.312 e. The summed E-state index contributed by atoms with van der Waals surface area (Å²) in [6.07, 6.45) is 8.33. The van der Waals surface area contributed by atoms with Crippen LogP contribution in [0.4, 0.5) is 0 Å². The molecule has 0 radical (unpaired) electrons. The van der Waals surface area contributed by atoms with Crippen molar-refractivity contribution in [2.45, 2.75) is 91.6 Å². The molecule has 1 aliphatic carbocycles. The quantitative estimate of drug-likeness (QED) is 0.664. The lowest BCUT2D eigenvalue weighted by molar-refractivity contribution is 0.0191. The monoisotopic (exact) mass is 296 g/mol. The Kier molecular flexibility index (Phi) is 8.26. The highest BCUT2D eigenvalue weighted by molar-refractivity contribution is 5.01. The molecule has 1 fully saturated rings. The fourth-order valence-electron chi connectivity index (χ4n) is 4.82. The Morgan fingerprint density at radius 3 is 2.14 bits per heavy atom. The summed E-state index contributed by atoms with van der Waals surface area (Å²) >= 11 is 0. The Balaban J connectivity index is 3.05. The Labute approximate surface area is 134 Å². The summed E-state index contributed by atoms with van der Waals surface area (Å²) < 4.78 is 0. The van der Waals surface area contributed by atoms with Crippen LogP contribution in [0.2, 0.25) is 0 Å². The highest BCUT2D eigenvalue weighted by Crippen LogP contribution is 2.40. The van der Waals surface area contributed by atoms with E-state index in [1.54, 1.807) is 0 Å². The van der Waals surface area contributed by atoms with Crippen LogP contribution in [0.15, 0.2) is 0 Å². The third-order valence-electron chi connectivity index (χ3n) is 6.22. The molecule has 0 bridgehead atoms. The van der Waals surface area contributed by atoms with Crippen LogP contribution in [0.1, 0.15) is 80.1 Å². The maximum atomic E-state index is 3.92. The van der Waals surface area contributed by atoms with Gasteiger partial charge in [0.15, 0.2) is 0 Å². The molecule has 4 unspecified atom stereocenters. The third kappa shape index (κ3) is 4.22. The van der Waals surface area contributed by atoms with Crippen LogP contribution in [-0.2, 0) is 0 Å². The molecule has 0 spiro atoms. The molecule has 1 aliphatic rings. The molecule has 1 rings (SSSR count). The van der Waals surface area contributed by atoms with E-state index in [0.717, 1.165) is 31.5 Å². The second-order valence-electron chi connectivity index (χ2n) is 7.04. The van der Waals surface area contributed by atoms with E-state index in [1.165, 1.54) is 38.5 Å². The lowest BCUT2D eigenvalue weighted by Crippen LogP contribution is -2.63. The van der Waals surface area contributed by atoms with Gasteiger partial charge in [-0.05, 0) is 51.2 Å². The fraction of sp³-hybridized carbons (Fsp3) is 1.00. The summed E-state index contributed by atoms with van der Waals surface area (Å²) in [6, 6.07) is 0.637. The number of nitrogens with zero attached hydrogens (tertiary/aromatic N) is 1. The predicted molar refractivity (Wildman–Crippen MR) is 94.8 cm³/mol. The lowest BCUT2D eigenvalue weighted by Gasteiger charge is -2.51. The van der Waals surface area contributed by atoms with E-state index in [4.69, 9.17) is 0 Å². The molecule has 0 aromatic carbocycles. The minimum atomic E-state index is 0.287. The average molecular weight is 297 g/mol. The molecule has 4 atom stereocenters. The molecule has 21 heavy (non-hydrogen) atoms. The molecule has 1 saturated carbocycles. The van der Waals surface area contributed by atoms with Crippen LogP contribution < -0.4 is 5.32 Å². The normalized spacial score (nSPS) is 27.6. The van der Waals surface area contributed by atoms with Crippen LogP contribution >= 0.6 is 0 Å². The molecule has 0 aromatic rings. The van der Waals surface area contributed by atoms with Gasteiger partial charge < -0.3 is 5.32 Å². The SMILES string of the molecule is CCNC(C1CCCCC1CC)C(C)(CC)N(CC)CC. The van der Waals surface area contributed by atoms with Gasteiger partial charge in [-0.15, -0.1) is 0 Å². The number of nitrogens with one attached hydrogen (secondary N) is 1. The van der Waals surface area contributed by atoms with E-state index in [0.29, 0.717) is 6.04 Å². The van der Waals surface area contributed by atoms with Gasteiger partial charge in [-0.2, -0.15) is 0 Å². The molecule has 0 amide bonds. The Morgan fingerprint density at radius 1 is 1.05 bits per heavy atom. The van der Waals surface area contributed by atoms with Crippen LogP contribution in [0.3, 0.4) is 0 Å². The van der Waals surface area contributed by atoms with Crippen molar-refractivity contribution in [3.63, 3.8) is 0 Å². The van der Waals surface area contributed by atoms with Gasteiger partial charge in [0, 0.05) is 11.6 Å². The van der Waals surface area contributed by atoms with Gasteiger partial charge in [-0.3, -0.25) is 4.90 Å². The summed E-state index contributed by atoms with van der Waals surface area (Å²) in [5.74, 6) is 1.78. The van der Waals surface area contributed by atoms with E-state index in [9.17, 15) is 0 Å². The standard InChI is InChI=1S/C19H40N2/c1-7-16-14-12-13-15-17(16)18(20-9-3)19(6,8-2)21(10-4)11-5/h16-18,20H,7-15H2,1-6H3. The van der Waals surface area contributed by atoms with E-state index in [2.05, 4.69) is 51.8 Å². The molecule has 2 nitrogen and oxygen atoms in total. The number of hydrogen-bond acceptors (Lipinski definition) is 2. The summed E-state index contributed by atoms with van der Waals surface area (Å²) in [4.78, 5) is 2.70. The topological polar surface area (TPSA) is 15.3 Å². The zero-order valence-electron chi connectivity index (χ0n) is 15.5. The smallest absolute Gasteiger partial charge is 0.0334 e. The zero-order valence-corrected chi connectivity index (χ0v) is 15.5. The van der Waals surface area contributed by atoms with Crippen LogP contribution in [-0.4, -0.2) is 36.1 Å². The first-order valence-electron chi connectivity index (χ1n) is 9.57. The van der Waals surface area contributed by atoms with Crippen molar-refractivity contribution in [3.8, 4) is 0 Å². The van der Waals surface area contributed by atoms with E-state index >= 15 is 0 Å². The van der Waals surface area contributed by atoms with Crippen LogP contribution in [0, 0.1) is 11.8 Å². The first-order valence-corrected chi connectivity index (χ1v) is 9.57. The Morgan fingerprint density at radius 2 is 1.67 bits per heavy atom. The van der Waals surface area contributed by atoms with Gasteiger partial charge in [0.1, 0.15) is 0 Å². The zero-order chi connectivity index (χ0) is 15.9. The highest BCUT2D eigenvalue weighted by Gasteiger charge is 2.43. The van der Waals surface area contributed by atoms with E-state index < -0.39 is 0 Å². The first kappa shape index (κ1) is 19.0. The molecular weight excluding hydrogens is 256 g/mol. The lowest BCUT2D eigenvalue weighted by atomic mass is 9.67. The second-order valence-corrected chi connectivity index (χ2v) is 7.04. The van der Waals surface area contributed by atoms with Gasteiger partial charge in [0.05, 0.1) is 0 Å². The van der Waals surface area contributed by atoms with Crippen molar-refractivity contribution < 1.29 is 0 Å². The van der Waals surface area contributed by atoms with Crippen molar-refractivity contribution in [3.05, 3.63) is 0 Å². The maximum Gasteiger partial charge on any atom is 0.0334 e.